The topological polar surface area (TPSA) is 50.4 Å². The maximum atomic E-state index is 4.68. The largest absolute Gasteiger partial charge is 0.357 e. The summed E-state index contributed by atoms with van der Waals surface area (Å²) in [6, 6.07) is 2.13. The van der Waals surface area contributed by atoms with Gasteiger partial charge in [0, 0.05) is 55.9 Å². The van der Waals surface area contributed by atoms with E-state index in [4.69, 9.17) is 0 Å². The lowest BCUT2D eigenvalue weighted by Crippen LogP contribution is -2.39. The second-order valence-corrected chi connectivity index (χ2v) is 6.07. The summed E-state index contributed by atoms with van der Waals surface area (Å²) in [5.41, 5.74) is 1.23. The molecule has 0 saturated heterocycles. The fourth-order valence-corrected chi connectivity index (χ4v) is 2.77. The smallest absolute Gasteiger partial charge is 0.194 e. The van der Waals surface area contributed by atoms with E-state index in [-0.39, 0.29) is 0 Å². The van der Waals surface area contributed by atoms with Gasteiger partial charge in [0.25, 0.3) is 0 Å². The SMILES string of the molecule is CCNC(=NCCn1ccnc1)N(C)Cc1cc(Br)cn1C. The Morgan fingerprint density at radius 3 is 2.91 bits per heavy atom. The molecule has 0 aromatic carbocycles. The maximum absolute atomic E-state index is 4.68. The lowest BCUT2D eigenvalue weighted by Gasteiger charge is -2.22. The molecule has 0 aliphatic carbocycles. The number of nitrogens with one attached hydrogen (secondary N) is 1. The molecular weight excluding hydrogens is 344 g/mol. The molecule has 2 aromatic heterocycles. The normalized spacial score (nSPS) is 11.7. The molecule has 0 fully saturated rings. The molecule has 2 aromatic rings. The van der Waals surface area contributed by atoms with E-state index in [9.17, 15) is 0 Å². The third-order valence-corrected chi connectivity index (χ3v) is 3.78. The highest BCUT2D eigenvalue weighted by atomic mass is 79.9. The van der Waals surface area contributed by atoms with Crippen molar-refractivity contribution in [2.24, 2.45) is 12.0 Å². The highest BCUT2D eigenvalue weighted by Gasteiger charge is 2.09. The molecule has 120 valence electrons. The van der Waals surface area contributed by atoms with Crippen molar-refractivity contribution < 1.29 is 0 Å². The van der Waals surface area contributed by atoms with E-state index in [0.29, 0.717) is 0 Å². The molecule has 0 amide bonds. The van der Waals surface area contributed by atoms with Crippen LogP contribution < -0.4 is 5.32 Å². The highest BCUT2D eigenvalue weighted by molar-refractivity contribution is 9.10. The average Bonchev–Trinajstić information content (AvgIpc) is 3.08. The zero-order chi connectivity index (χ0) is 15.9. The zero-order valence-electron chi connectivity index (χ0n) is 13.3. The molecule has 0 aliphatic heterocycles. The number of guanidine groups is 1. The van der Waals surface area contributed by atoms with Crippen LogP contribution in [0.4, 0.5) is 0 Å². The average molecular weight is 367 g/mol. The fourth-order valence-electron chi connectivity index (χ4n) is 2.20. The number of aryl methyl sites for hydroxylation is 1. The van der Waals surface area contributed by atoms with Crippen molar-refractivity contribution >= 4 is 21.9 Å². The van der Waals surface area contributed by atoms with Crippen molar-refractivity contribution in [2.45, 2.75) is 20.0 Å². The quantitative estimate of drug-likeness (QED) is 0.628. The van der Waals surface area contributed by atoms with Gasteiger partial charge in [-0.25, -0.2) is 4.98 Å². The molecular formula is C15H23BrN6. The van der Waals surface area contributed by atoms with Crippen LogP contribution in [-0.2, 0) is 20.1 Å². The summed E-state index contributed by atoms with van der Waals surface area (Å²) in [7, 11) is 4.11. The molecule has 0 saturated carbocycles. The molecule has 0 atom stereocenters. The monoisotopic (exact) mass is 366 g/mol. The minimum absolute atomic E-state index is 0.722. The molecule has 0 spiro atoms. The van der Waals surface area contributed by atoms with Crippen LogP contribution in [0.15, 0.2) is 40.4 Å². The molecule has 0 aliphatic rings. The summed E-state index contributed by atoms with van der Waals surface area (Å²) in [4.78, 5) is 10.9. The molecule has 1 N–H and O–H groups in total. The Morgan fingerprint density at radius 2 is 2.32 bits per heavy atom. The van der Waals surface area contributed by atoms with Gasteiger partial charge in [0.2, 0.25) is 0 Å². The fraction of sp³-hybridized carbons (Fsp3) is 0.467. The van der Waals surface area contributed by atoms with E-state index in [0.717, 1.165) is 36.6 Å². The summed E-state index contributed by atoms with van der Waals surface area (Å²) in [6.45, 7) is 5.29. The Balaban J connectivity index is 1.97. The van der Waals surface area contributed by atoms with Gasteiger partial charge in [0.05, 0.1) is 19.4 Å². The predicted molar refractivity (Wildman–Crippen MR) is 92.8 cm³/mol. The first-order valence-corrected chi connectivity index (χ1v) is 8.15. The summed E-state index contributed by atoms with van der Waals surface area (Å²) in [5.74, 6) is 0.917. The number of halogens is 1. The van der Waals surface area contributed by atoms with E-state index in [1.807, 2.05) is 17.1 Å². The van der Waals surface area contributed by atoms with Gasteiger partial charge in [-0.2, -0.15) is 0 Å². The van der Waals surface area contributed by atoms with Crippen molar-refractivity contribution in [3.63, 3.8) is 0 Å². The van der Waals surface area contributed by atoms with Crippen molar-refractivity contribution in [1.82, 2.24) is 24.3 Å². The number of hydrogen-bond donors (Lipinski definition) is 1. The second-order valence-electron chi connectivity index (χ2n) is 5.15. The van der Waals surface area contributed by atoms with Crippen molar-refractivity contribution in [2.75, 3.05) is 20.1 Å². The van der Waals surface area contributed by atoms with E-state index < -0.39 is 0 Å². The van der Waals surface area contributed by atoms with E-state index in [1.54, 1.807) is 6.20 Å². The van der Waals surface area contributed by atoms with Crippen LogP contribution >= 0.6 is 15.9 Å². The minimum atomic E-state index is 0.722. The maximum Gasteiger partial charge on any atom is 0.194 e. The van der Waals surface area contributed by atoms with Crippen LogP contribution in [0.3, 0.4) is 0 Å². The van der Waals surface area contributed by atoms with Gasteiger partial charge in [0.15, 0.2) is 5.96 Å². The molecule has 2 heterocycles. The molecule has 6 nitrogen and oxygen atoms in total. The Labute approximate surface area is 140 Å². The van der Waals surface area contributed by atoms with Crippen LogP contribution in [-0.4, -0.2) is 45.1 Å². The third kappa shape index (κ3) is 4.62. The zero-order valence-corrected chi connectivity index (χ0v) is 14.9. The number of imidazole rings is 1. The van der Waals surface area contributed by atoms with Gasteiger partial charge in [0.1, 0.15) is 0 Å². The van der Waals surface area contributed by atoms with Gasteiger partial charge in [-0.15, -0.1) is 0 Å². The number of nitrogens with zero attached hydrogens (tertiary/aromatic N) is 5. The summed E-state index contributed by atoms with van der Waals surface area (Å²) < 4.78 is 5.25. The van der Waals surface area contributed by atoms with E-state index in [2.05, 4.69) is 74.0 Å². The van der Waals surface area contributed by atoms with Gasteiger partial charge in [-0.1, -0.05) is 0 Å². The first-order chi connectivity index (χ1) is 10.6. The molecule has 7 heteroatoms. The van der Waals surface area contributed by atoms with Gasteiger partial charge in [-0.3, -0.25) is 4.99 Å². The summed E-state index contributed by atoms with van der Waals surface area (Å²) in [5, 5.41) is 3.34. The molecule has 2 rings (SSSR count). The lowest BCUT2D eigenvalue weighted by atomic mass is 10.4. The molecule has 0 unspecified atom stereocenters. The van der Waals surface area contributed by atoms with Crippen LogP contribution in [0.2, 0.25) is 0 Å². The summed E-state index contributed by atoms with van der Waals surface area (Å²) in [6.07, 6.45) is 7.61. The van der Waals surface area contributed by atoms with Crippen molar-refractivity contribution in [1.29, 1.82) is 0 Å². The van der Waals surface area contributed by atoms with Gasteiger partial charge < -0.3 is 19.4 Å². The number of rotatable bonds is 6. The predicted octanol–water partition coefficient (Wildman–Crippen LogP) is 2.08. The molecule has 0 bridgehead atoms. The Bertz CT molecular complexity index is 602. The van der Waals surface area contributed by atoms with Gasteiger partial charge >= 0.3 is 0 Å². The van der Waals surface area contributed by atoms with E-state index >= 15 is 0 Å². The Kier molecular flexibility index (Phi) is 6.06. The molecule has 0 radical (unpaired) electrons. The standard InChI is InChI=1S/C15H23BrN6/c1-4-18-15(19-6-8-22-7-5-17-12-22)21(3)11-14-9-13(16)10-20(14)2/h5,7,9-10,12H,4,6,8,11H2,1-3H3,(H,18,19). The highest BCUT2D eigenvalue weighted by Crippen LogP contribution is 2.14. The number of aromatic nitrogens is 3. The van der Waals surface area contributed by atoms with Crippen LogP contribution in [0.1, 0.15) is 12.6 Å². The van der Waals surface area contributed by atoms with Crippen LogP contribution in [0, 0.1) is 0 Å². The van der Waals surface area contributed by atoms with Crippen molar-refractivity contribution in [3.05, 3.63) is 41.2 Å². The van der Waals surface area contributed by atoms with Gasteiger partial charge in [-0.05, 0) is 28.9 Å². The second kappa shape index (κ2) is 8.03. The first-order valence-electron chi connectivity index (χ1n) is 7.36. The number of hydrogen-bond acceptors (Lipinski definition) is 2. The Morgan fingerprint density at radius 1 is 1.50 bits per heavy atom. The van der Waals surface area contributed by atoms with Crippen LogP contribution in [0.5, 0.6) is 0 Å². The third-order valence-electron chi connectivity index (χ3n) is 3.35. The van der Waals surface area contributed by atoms with Crippen molar-refractivity contribution in [3.8, 4) is 0 Å². The molecule has 22 heavy (non-hydrogen) atoms. The van der Waals surface area contributed by atoms with Crippen LogP contribution in [0.25, 0.3) is 0 Å². The summed E-state index contributed by atoms with van der Waals surface area (Å²) >= 11 is 3.51. The number of aliphatic imine (C=N–C) groups is 1. The first kappa shape index (κ1) is 16.6. The lowest BCUT2D eigenvalue weighted by molar-refractivity contribution is 0.461. The minimum Gasteiger partial charge on any atom is -0.357 e. The van der Waals surface area contributed by atoms with E-state index in [1.165, 1.54) is 5.69 Å². The Hall–Kier alpha value is -1.76.